The Balaban J connectivity index is 1.57. The summed E-state index contributed by atoms with van der Waals surface area (Å²) in [5.74, 6) is 2.62. The lowest BCUT2D eigenvalue weighted by atomic mass is 10.1. The van der Waals surface area contributed by atoms with Gasteiger partial charge < -0.3 is 19.2 Å². The molecule has 1 N–H and O–H groups in total. The Bertz CT molecular complexity index is 1110. The second-order valence-electron chi connectivity index (χ2n) is 7.37. The van der Waals surface area contributed by atoms with Gasteiger partial charge in [-0.2, -0.15) is 0 Å². The zero-order valence-electron chi connectivity index (χ0n) is 18.0. The number of hydrogen-bond donors (Lipinski definition) is 1. The number of H-pyrrole nitrogens is 1. The van der Waals surface area contributed by atoms with E-state index in [2.05, 4.69) is 14.9 Å². The van der Waals surface area contributed by atoms with E-state index in [1.807, 2.05) is 24.3 Å². The maximum Gasteiger partial charge on any atom is 0.254 e. The summed E-state index contributed by atoms with van der Waals surface area (Å²) < 4.78 is 16.4. The van der Waals surface area contributed by atoms with Gasteiger partial charge in [0.2, 0.25) is 0 Å². The number of nitrogens with zero attached hydrogens (tertiary/aromatic N) is 3. The van der Waals surface area contributed by atoms with Crippen molar-refractivity contribution < 1.29 is 14.2 Å². The number of benzene rings is 1. The van der Waals surface area contributed by atoms with Crippen molar-refractivity contribution in [2.24, 2.45) is 0 Å². The van der Waals surface area contributed by atoms with E-state index in [9.17, 15) is 4.79 Å². The van der Waals surface area contributed by atoms with Crippen LogP contribution in [0.25, 0.3) is 11.4 Å². The second-order valence-corrected chi connectivity index (χ2v) is 7.37. The highest BCUT2D eigenvalue weighted by atomic mass is 16.5. The Hall–Kier alpha value is -3.39. The molecule has 0 saturated carbocycles. The Labute approximate surface area is 180 Å². The van der Waals surface area contributed by atoms with Crippen LogP contribution in [0.15, 0.2) is 41.5 Å². The summed E-state index contributed by atoms with van der Waals surface area (Å²) in [6.45, 7) is 2.22. The van der Waals surface area contributed by atoms with Crippen molar-refractivity contribution in [1.82, 2.24) is 19.9 Å². The molecule has 3 heterocycles. The average molecular weight is 422 g/mol. The summed E-state index contributed by atoms with van der Waals surface area (Å²) in [6.07, 6.45) is 4.73. The topological polar surface area (TPSA) is 89.6 Å². The fraction of sp³-hybridized carbons (Fsp3) is 0.348. The molecule has 162 valence electrons. The largest absolute Gasteiger partial charge is 0.496 e. The third-order valence-corrected chi connectivity index (χ3v) is 5.58. The summed E-state index contributed by atoms with van der Waals surface area (Å²) >= 11 is 0. The summed E-state index contributed by atoms with van der Waals surface area (Å²) in [7, 11) is 4.87. The molecule has 3 aromatic rings. The molecule has 0 saturated heterocycles. The van der Waals surface area contributed by atoms with Gasteiger partial charge in [-0.05, 0) is 24.6 Å². The van der Waals surface area contributed by atoms with Gasteiger partial charge in [0.15, 0.2) is 11.5 Å². The monoisotopic (exact) mass is 422 g/mol. The van der Waals surface area contributed by atoms with Crippen molar-refractivity contribution in [3.63, 3.8) is 0 Å². The van der Waals surface area contributed by atoms with Crippen LogP contribution in [0.4, 0.5) is 0 Å². The zero-order chi connectivity index (χ0) is 21.8. The first-order valence-corrected chi connectivity index (χ1v) is 10.2. The van der Waals surface area contributed by atoms with E-state index in [-0.39, 0.29) is 5.56 Å². The lowest BCUT2D eigenvalue weighted by molar-refractivity contribution is 0.271. The molecule has 0 atom stereocenters. The molecule has 0 aliphatic carbocycles. The molecule has 1 aromatic carbocycles. The van der Waals surface area contributed by atoms with Gasteiger partial charge in [0, 0.05) is 61.2 Å². The summed E-state index contributed by atoms with van der Waals surface area (Å²) in [6, 6.07) is 7.48. The van der Waals surface area contributed by atoms with Crippen molar-refractivity contribution in [3.8, 4) is 28.6 Å². The van der Waals surface area contributed by atoms with Crippen LogP contribution in [0.2, 0.25) is 0 Å². The maximum absolute atomic E-state index is 12.8. The van der Waals surface area contributed by atoms with Gasteiger partial charge >= 0.3 is 0 Å². The van der Waals surface area contributed by atoms with Crippen LogP contribution in [0.3, 0.4) is 0 Å². The fourth-order valence-corrected chi connectivity index (χ4v) is 3.92. The van der Waals surface area contributed by atoms with Gasteiger partial charge in [-0.25, -0.2) is 4.98 Å². The number of hydrogen-bond acceptors (Lipinski definition) is 7. The second kappa shape index (κ2) is 9.18. The van der Waals surface area contributed by atoms with Gasteiger partial charge in [-0.15, -0.1) is 0 Å². The highest BCUT2D eigenvalue weighted by Crippen LogP contribution is 2.35. The number of aromatic nitrogens is 3. The number of rotatable bonds is 6. The minimum Gasteiger partial charge on any atom is -0.496 e. The Kier molecular flexibility index (Phi) is 6.18. The van der Waals surface area contributed by atoms with E-state index in [0.29, 0.717) is 36.7 Å². The molecule has 8 nitrogen and oxygen atoms in total. The molecule has 4 rings (SSSR count). The molecule has 0 spiro atoms. The van der Waals surface area contributed by atoms with Crippen LogP contribution in [0.5, 0.6) is 17.2 Å². The molecule has 0 radical (unpaired) electrons. The fourth-order valence-electron chi connectivity index (χ4n) is 3.92. The van der Waals surface area contributed by atoms with Crippen LogP contribution in [-0.2, 0) is 19.4 Å². The van der Waals surface area contributed by atoms with Gasteiger partial charge in [0.05, 0.1) is 27.0 Å². The number of ether oxygens (including phenoxy) is 3. The summed E-state index contributed by atoms with van der Waals surface area (Å²) in [5, 5.41) is 0. The molecule has 0 amide bonds. The van der Waals surface area contributed by atoms with Gasteiger partial charge in [0.1, 0.15) is 11.6 Å². The first kappa shape index (κ1) is 20.9. The number of pyridine rings is 1. The minimum absolute atomic E-state index is 0.0673. The molecule has 0 unspecified atom stereocenters. The van der Waals surface area contributed by atoms with E-state index in [0.717, 1.165) is 41.2 Å². The number of fused-ring (bicyclic) bond motifs is 1. The third-order valence-electron chi connectivity index (χ3n) is 5.58. The third kappa shape index (κ3) is 4.39. The predicted octanol–water partition coefficient (Wildman–Crippen LogP) is 2.46. The minimum atomic E-state index is -0.0673. The van der Waals surface area contributed by atoms with Gasteiger partial charge in [-0.3, -0.25) is 14.7 Å². The van der Waals surface area contributed by atoms with Crippen LogP contribution in [-0.4, -0.2) is 54.3 Å². The molecule has 8 heteroatoms. The molecular weight excluding hydrogens is 396 g/mol. The molecule has 1 aliphatic rings. The van der Waals surface area contributed by atoms with E-state index in [4.69, 9.17) is 19.2 Å². The van der Waals surface area contributed by atoms with Gasteiger partial charge in [0.25, 0.3) is 5.56 Å². The van der Waals surface area contributed by atoms with Crippen molar-refractivity contribution in [3.05, 3.63) is 63.8 Å². The zero-order valence-corrected chi connectivity index (χ0v) is 18.0. The van der Waals surface area contributed by atoms with E-state index < -0.39 is 0 Å². The predicted molar refractivity (Wildman–Crippen MR) is 117 cm³/mol. The molecular formula is C23H26N4O4. The molecule has 2 aromatic heterocycles. The quantitative estimate of drug-likeness (QED) is 0.653. The Morgan fingerprint density at radius 1 is 0.968 bits per heavy atom. The van der Waals surface area contributed by atoms with E-state index in [1.54, 1.807) is 33.7 Å². The van der Waals surface area contributed by atoms with Crippen molar-refractivity contribution in [2.75, 3.05) is 34.4 Å². The van der Waals surface area contributed by atoms with Crippen LogP contribution in [0.1, 0.15) is 16.8 Å². The number of nitrogens with one attached hydrogen (secondary N) is 1. The smallest absolute Gasteiger partial charge is 0.254 e. The first-order chi connectivity index (χ1) is 15.1. The van der Waals surface area contributed by atoms with Crippen molar-refractivity contribution >= 4 is 0 Å². The summed E-state index contributed by atoms with van der Waals surface area (Å²) in [4.78, 5) is 26.8. The SMILES string of the molecule is COc1cc(OC)c(OC)cc1CN1CCc2nc(-c3ccncc3)[nH]c(=O)c2CC1. The Morgan fingerprint density at radius 2 is 1.65 bits per heavy atom. The lowest BCUT2D eigenvalue weighted by Crippen LogP contribution is -2.26. The van der Waals surface area contributed by atoms with Crippen molar-refractivity contribution in [2.45, 2.75) is 19.4 Å². The van der Waals surface area contributed by atoms with Gasteiger partial charge in [-0.1, -0.05) is 0 Å². The molecule has 0 bridgehead atoms. The van der Waals surface area contributed by atoms with Crippen LogP contribution < -0.4 is 19.8 Å². The number of methoxy groups -OCH3 is 3. The molecule has 31 heavy (non-hydrogen) atoms. The maximum atomic E-state index is 12.8. The lowest BCUT2D eigenvalue weighted by Gasteiger charge is -2.22. The van der Waals surface area contributed by atoms with Crippen LogP contribution >= 0.6 is 0 Å². The summed E-state index contributed by atoms with van der Waals surface area (Å²) in [5.41, 5.74) is 3.41. The van der Waals surface area contributed by atoms with Crippen molar-refractivity contribution in [1.29, 1.82) is 0 Å². The molecule has 1 aliphatic heterocycles. The average Bonchev–Trinajstić information content (AvgIpc) is 3.02. The normalized spacial score (nSPS) is 13.9. The number of aromatic amines is 1. The standard InChI is InChI=1S/C23H26N4O4/c1-29-19-13-21(31-3)20(30-2)12-16(19)14-27-10-6-17-18(7-11-27)25-22(26-23(17)28)15-4-8-24-9-5-15/h4-5,8-9,12-13H,6-7,10-11,14H2,1-3H3,(H,25,26,28). The Morgan fingerprint density at radius 3 is 2.35 bits per heavy atom. The van der Waals surface area contributed by atoms with E-state index in [1.165, 1.54) is 0 Å². The van der Waals surface area contributed by atoms with E-state index >= 15 is 0 Å². The molecule has 0 fully saturated rings. The van der Waals surface area contributed by atoms with Crippen LogP contribution in [0, 0.1) is 0 Å². The highest BCUT2D eigenvalue weighted by molar-refractivity contribution is 5.54. The highest BCUT2D eigenvalue weighted by Gasteiger charge is 2.21. The first-order valence-electron chi connectivity index (χ1n) is 10.2.